The summed E-state index contributed by atoms with van der Waals surface area (Å²) < 4.78 is 44.7. The number of hydrogen-bond acceptors (Lipinski definition) is 12. The van der Waals surface area contributed by atoms with Gasteiger partial charge in [-0.15, -0.1) is 0 Å². The number of anilines is 1. The highest BCUT2D eigenvalue weighted by Crippen LogP contribution is 2.62. The number of hydrogen-bond donors (Lipinski definition) is 3. The van der Waals surface area contributed by atoms with Gasteiger partial charge in [0.25, 0.3) is 0 Å². The lowest BCUT2D eigenvalue weighted by Gasteiger charge is -2.41. The second kappa shape index (κ2) is 8.85. The van der Waals surface area contributed by atoms with Crippen molar-refractivity contribution in [3.63, 3.8) is 0 Å². The van der Waals surface area contributed by atoms with Crippen LogP contribution >= 0.6 is 8.09 Å². The zero-order valence-corrected chi connectivity index (χ0v) is 19.5. The van der Waals surface area contributed by atoms with Gasteiger partial charge in [-0.2, -0.15) is 9.97 Å². The van der Waals surface area contributed by atoms with Gasteiger partial charge in [0.05, 0.1) is 26.7 Å². The fourth-order valence-corrected chi connectivity index (χ4v) is 5.58. The Morgan fingerprint density at radius 1 is 1.55 bits per heavy atom. The highest BCUT2D eigenvalue weighted by molar-refractivity contribution is 7.58. The number of methoxy groups -OCH3 is 1. The fraction of sp³-hybridized carbons (Fsp3) is 0.667. The van der Waals surface area contributed by atoms with Gasteiger partial charge in [0.1, 0.15) is 18.2 Å². The number of aromatic nitrogens is 4. The molecule has 0 spiro atoms. The SMILES string of the molecule is CCCOc1nc(N)nc2c1ncn2[C@@H]1O[C@@H]2CO[P@@](O)(NC(C)C(=O)OC)O[C@H]2[C@@]1(C)F. The van der Waals surface area contributed by atoms with Crippen LogP contribution in [0.4, 0.5) is 10.3 Å². The first-order chi connectivity index (χ1) is 15.6. The summed E-state index contributed by atoms with van der Waals surface area (Å²) >= 11 is 0. The number of carbonyl (C=O) groups is 1. The van der Waals surface area contributed by atoms with Crippen LogP contribution in [-0.4, -0.2) is 74.6 Å². The lowest BCUT2D eigenvalue weighted by Crippen LogP contribution is -2.49. The maximum atomic E-state index is 16.1. The van der Waals surface area contributed by atoms with Crippen LogP contribution in [0.2, 0.25) is 0 Å². The van der Waals surface area contributed by atoms with Crippen molar-refractivity contribution in [3.05, 3.63) is 6.33 Å². The van der Waals surface area contributed by atoms with Crippen LogP contribution in [0.1, 0.15) is 33.4 Å². The lowest BCUT2D eigenvalue weighted by molar-refractivity contribution is -0.142. The van der Waals surface area contributed by atoms with Crippen LogP contribution in [0, 0.1) is 0 Å². The molecule has 33 heavy (non-hydrogen) atoms. The molecule has 2 aromatic heterocycles. The standard InChI is InChI=1S/C18H27FN6O7P/c1-5-6-29-14-11-13(22-17(20)23-14)25(8-21-11)16-18(3,19)12-10(31-16)7-30-33(27,32-12)24-9(2)15(26)28-4/h8-10,12,16,24,27H,5-7H2,1-4H3,(H2,20,22,23)/t9?,10-,12-,16-,18-/m1/s1. The molecule has 1 unspecified atom stereocenters. The van der Waals surface area contributed by atoms with Gasteiger partial charge in [0.2, 0.25) is 11.8 Å². The number of fused-ring (bicyclic) bond motifs is 2. The van der Waals surface area contributed by atoms with Crippen LogP contribution in [-0.2, 0) is 23.3 Å². The Kier molecular flexibility index (Phi) is 6.42. The van der Waals surface area contributed by atoms with E-state index < -0.39 is 44.2 Å². The molecule has 1 radical (unpaired) electrons. The molecular weight excluding hydrogens is 462 g/mol. The molecule has 2 saturated heterocycles. The number of halogens is 1. The van der Waals surface area contributed by atoms with E-state index >= 15 is 4.39 Å². The number of nitrogens with zero attached hydrogens (tertiary/aromatic N) is 4. The number of rotatable bonds is 7. The molecular formula is C18H27FN6O7P. The molecule has 15 heteroatoms. The monoisotopic (exact) mass is 489 g/mol. The Bertz CT molecular complexity index is 1040. The molecule has 183 valence electrons. The van der Waals surface area contributed by atoms with Gasteiger partial charge in [-0.05, 0) is 20.3 Å². The molecule has 0 amide bonds. The predicted molar refractivity (Wildman–Crippen MR) is 114 cm³/mol. The minimum Gasteiger partial charge on any atom is -0.476 e. The van der Waals surface area contributed by atoms with Crippen LogP contribution < -0.4 is 15.6 Å². The Hall–Kier alpha value is -2.22. The molecule has 0 saturated carbocycles. The third-order valence-electron chi connectivity index (χ3n) is 5.36. The van der Waals surface area contributed by atoms with Crippen LogP contribution in [0.15, 0.2) is 6.33 Å². The van der Waals surface area contributed by atoms with E-state index in [1.54, 1.807) is 0 Å². The van der Waals surface area contributed by atoms with Gasteiger partial charge >= 0.3 is 14.1 Å². The van der Waals surface area contributed by atoms with E-state index in [1.165, 1.54) is 31.9 Å². The molecule has 2 aliphatic rings. The van der Waals surface area contributed by atoms with Gasteiger partial charge in [0.15, 0.2) is 23.1 Å². The zero-order chi connectivity index (χ0) is 24.0. The quantitative estimate of drug-likeness (QED) is 0.375. The number of nitrogens with one attached hydrogen (secondary N) is 1. The third kappa shape index (κ3) is 4.34. The topological polar surface area (TPSA) is 165 Å². The zero-order valence-electron chi connectivity index (χ0n) is 18.6. The van der Waals surface area contributed by atoms with Crippen molar-refractivity contribution in [1.82, 2.24) is 24.6 Å². The summed E-state index contributed by atoms with van der Waals surface area (Å²) in [5, 5.41) is 2.56. The molecule has 2 aliphatic heterocycles. The summed E-state index contributed by atoms with van der Waals surface area (Å²) in [5.41, 5.74) is 4.22. The molecule has 4 rings (SSSR count). The van der Waals surface area contributed by atoms with Crippen molar-refractivity contribution in [2.75, 3.05) is 26.1 Å². The van der Waals surface area contributed by atoms with E-state index in [4.69, 9.17) is 24.3 Å². The average molecular weight is 489 g/mol. The van der Waals surface area contributed by atoms with E-state index in [2.05, 4.69) is 24.8 Å². The second-order valence-electron chi connectivity index (χ2n) is 7.95. The number of alkyl halides is 1. The molecule has 2 fully saturated rings. The summed E-state index contributed by atoms with van der Waals surface area (Å²) in [6.07, 6.45) is -1.17. The number of carbonyl (C=O) groups excluding carboxylic acids is 1. The first kappa shape index (κ1) is 23.9. The van der Waals surface area contributed by atoms with Gasteiger partial charge in [-0.3, -0.25) is 13.9 Å². The molecule has 13 nitrogen and oxygen atoms in total. The summed E-state index contributed by atoms with van der Waals surface area (Å²) in [4.78, 5) is 35.0. The first-order valence-electron chi connectivity index (χ1n) is 10.4. The number of imidazole rings is 1. The van der Waals surface area contributed by atoms with Crippen molar-refractivity contribution >= 4 is 31.2 Å². The van der Waals surface area contributed by atoms with Crippen LogP contribution in [0.3, 0.4) is 0 Å². The van der Waals surface area contributed by atoms with E-state index in [0.29, 0.717) is 12.1 Å². The number of ether oxygens (including phenoxy) is 3. The van der Waals surface area contributed by atoms with Crippen molar-refractivity contribution in [3.8, 4) is 5.88 Å². The summed E-state index contributed by atoms with van der Waals surface area (Å²) in [5.74, 6) is -0.508. The predicted octanol–water partition coefficient (Wildman–Crippen LogP) is 1.06. The van der Waals surface area contributed by atoms with E-state index in [9.17, 15) is 9.69 Å². The number of nitrogen functional groups attached to an aromatic ring is 1. The third-order valence-corrected chi connectivity index (χ3v) is 7.09. The molecule has 0 aromatic carbocycles. The molecule has 4 N–H and O–H groups in total. The Morgan fingerprint density at radius 3 is 3.00 bits per heavy atom. The van der Waals surface area contributed by atoms with Gasteiger partial charge in [-0.25, -0.2) is 14.5 Å². The smallest absolute Gasteiger partial charge is 0.323 e. The van der Waals surface area contributed by atoms with Gasteiger partial charge in [-0.1, -0.05) is 6.92 Å². The normalized spacial score (nSPS) is 32.5. The Morgan fingerprint density at radius 2 is 2.30 bits per heavy atom. The van der Waals surface area contributed by atoms with Crippen molar-refractivity contribution in [2.24, 2.45) is 0 Å². The maximum Gasteiger partial charge on any atom is 0.323 e. The molecule has 0 bridgehead atoms. The fourth-order valence-electron chi connectivity index (χ4n) is 3.79. The van der Waals surface area contributed by atoms with E-state index in [-0.39, 0.29) is 24.1 Å². The molecule has 2 aromatic rings. The van der Waals surface area contributed by atoms with E-state index in [0.717, 1.165) is 6.42 Å². The number of nitrogens with two attached hydrogens (primary N) is 1. The molecule has 4 heterocycles. The molecule has 6 atom stereocenters. The van der Waals surface area contributed by atoms with Crippen LogP contribution in [0.5, 0.6) is 5.88 Å². The van der Waals surface area contributed by atoms with Gasteiger partial charge in [0, 0.05) is 0 Å². The lowest BCUT2D eigenvalue weighted by atomic mass is 9.98. The minimum atomic E-state index is -3.78. The average Bonchev–Trinajstić information content (AvgIpc) is 3.29. The molecule has 0 aliphatic carbocycles. The first-order valence-corrected chi connectivity index (χ1v) is 11.9. The highest BCUT2D eigenvalue weighted by Gasteiger charge is 2.62. The second-order valence-corrected chi connectivity index (χ2v) is 9.72. The van der Waals surface area contributed by atoms with Crippen molar-refractivity contribution < 1.29 is 37.3 Å². The summed E-state index contributed by atoms with van der Waals surface area (Å²) in [6.45, 7) is 4.92. The highest BCUT2D eigenvalue weighted by atomic mass is 31.2. The summed E-state index contributed by atoms with van der Waals surface area (Å²) in [7, 11) is -2.57. The maximum absolute atomic E-state index is 16.1. The Balaban J connectivity index is 1.61. The number of esters is 1. The van der Waals surface area contributed by atoms with Crippen molar-refractivity contribution in [2.45, 2.75) is 57.3 Å². The van der Waals surface area contributed by atoms with Crippen LogP contribution in [0.25, 0.3) is 11.2 Å². The largest absolute Gasteiger partial charge is 0.476 e. The Labute approximate surface area is 189 Å². The van der Waals surface area contributed by atoms with Crippen molar-refractivity contribution in [1.29, 1.82) is 0 Å². The van der Waals surface area contributed by atoms with Gasteiger partial charge < -0.3 is 29.4 Å². The van der Waals surface area contributed by atoms with E-state index in [1.807, 2.05) is 6.92 Å². The minimum absolute atomic E-state index is 0.0628. The summed E-state index contributed by atoms with van der Waals surface area (Å²) in [6, 6.07) is -0.937.